The first kappa shape index (κ1) is 21.3. The average molecular weight is 450 g/mol. The van der Waals surface area contributed by atoms with Crippen molar-refractivity contribution in [3.8, 4) is 0 Å². The standard InChI is InChI=1S/C25H25F2N5O/c1-14-12-31(13-15(2)29-14)21-7-5-4-6-8-22-16(21)9-17(25(33)28-3)24-30-20-10-18(26)19(27)11-23(20)32(22)24/h4-11,14-15,29H,12-13H2,1-3H3,(H,28,33)/b5-4?,6-4+,7-5-,8-6?,21-7?,21-16+,22-8-/t14-,15+. The van der Waals surface area contributed by atoms with Crippen LogP contribution in [0.2, 0.25) is 0 Å². The molecule has 3 heterocycles. The third kappa shape index (κ3) is 3.60. The Morgan fingerprint density at radius 1 is 1.09 bits per heavy atom. The SMILES string of the molecule is CNC(=O)c1cc2/c(n3c1nc1cc(F)c(F)cc13)=C/C=C/C=C\C=2N1C[C@@H](C)N[C@@H](C)C1. The van der Waals surface area contributed by atoms with E-state index in [1.165, 1.54) is 0 Å². The van der Waals surface area contributed by atoms with Gasteiger partial charge in [-0.1, -0.05) is 18.2 Å². The van der Waals surface area contributed by atoms with Gasteiger partial charge in [-0.25, -0.2) is 13.8 Å². The van der Waals surface area contributed by atoms with Crippen molar-refractivity contribution >= 4 is 34.4 Å². The maximum absolute atomic E-state index is 14.3. The summed E-state index contributed by atoms with van der Waals surface area (Å²) in [6.45, 7) is 5.88. The Morgan fingerprint density at radius 3 is 2.55 bits per heavy atom. The molecule has 2 N–H and O–H groups in total. The molecular weight excluding hydrogens is 424 g/mol. The van der Waals surface area contributed by atoms with Crippen LogP contribution in [0.3, 0.4) is 0 Å². The summed E-state index contributed by atoms with van der Waals surface area (Å²) in [7, 11) is 1.55. The molecule has 1 fully saturated rings. The second kappa shape index (κ2) is 8.12. The number of nitrogens with one attached hydrogen (secondary N) is 2. The number of nitrogens with zero attached hydrogens (tertiary/aromatic N) is 3. The van der Waals surface area contributed by atoms with Crippen LogP contribution in [-0.2, 0) is 0 Å². The summed E-state index contributed by atoms with van der Waals surface area (Å²) in [6.07, 6.45) is 9.73. The normalized spacial score (nSPS) is 25.1. The molecule has 33 heavy (non-hydrogen) atoms. The third-order valence-electron chi connectivity index (χ3n) is 6.12. The molecule has 1 aliphatic heterocycles. The maximum Gasteiger partial charge on any atom is 0.254 e. The highest BCUT2D eigenvalue weighted by Gasteiger charge is 2.24. The second-order valence-electron chi connectivity index (χ2n) is 8.63. The van der Waals surface area contributed by atoms with Gasteiger partial charge in [0.1, 0.15) is 0 Å². The van der Waals surface area contributed by atoms with Crippen LogP contribution in [-0.4, -0.2) is 52.4 Å². The molecule has 6 nitrogen and oxygen atoms in total. The van der Waals surface area contributed by atoms with Crippen molar-refractivity contribution in [3.05, 3.63) is 70.3 Å². The summed E-state index contributed by atoms with van der Waals surface area (Å²) in [5.41, 5.74) is 2.34. The summed E-state index contributed by atoms with van der Waals surface area (Å²) in [6, 6.07) is 4.61. The third-order valence-corrected chi connectivity index (χ3v) is 6.12. The van der Waals surface area contributed by atoms with Gasteiger partial charge in [0.05, 0.1) is 21.9 Å². The Kier molecular flexibility index (Phi) is 5.25. The highest BCUT2D eigenvalue weighted by molar-refractivity contribution is 6.01. The van der Waals surface area contributed by atoms with E-state index in [4.69, 9.17) is 0 Å². The minimum atomic E-state index is -0.974. The molecule has 0 bridgehead atoms. The van der Waals surface area contributed by atoms with Crippen molar-refractivity contribution in [1.82, 2.24) is 24.9 Å². The number of allylic oxidation sites excluding steroid dienone is 3. The number of rotatable bonds is 2. The van der Waals surface area contributed by atoms with Crippen molar-refractivity contribution in [3.63, 3.8) is 0 Å². The molecule has 1 aliphatic carbocycles. The lowest BCUT2D eigenvalue weighted by molar-refractivity contribution is 0.0964. The van der Waals surface area contributed by atoms with Crippen LogP contribution >= 0.6 is 0 Å². The van der Waals surface area contributed by atoms with Crippen LogP contribution in [0.1, 0.15) is 24.2 Å². The number of benzene rings is 1. The maximum atomic E-state index is 14.3. The number of carbonyl (C=O) groups is 1. The van der Waals surface area contributed by atoms with Crippen LogP contribution in [0.15, 0.2) is 42.5 Å². The summed E-state index contributed by atoms with van der Waals surface area (Å²) in [5.74, 6) is -2.25. The molecule has 170 valence electrons. The molecule has 3 aromatic rings. The van der Waals surface area contributed by atoms with Gasteiger partial charge in [0.2, 0.25) is 0 Å². The first-order valence-corrected chi connectivity index (χ1v) is 11.0. The first-order chi connectivity index (χ1) is 15.9. The Bertz CT molecular complexity index is 1460. The Morgan fingerprint density at radius 2 is 1.82 bits per heavy atom. The Hall–Kier alpha value is -3.52. The zero-order chi connectivity index (χ0) is 23.3. The van der Waals surface area contributed by atoms with E-state index in [0.717, 1.165) is 41.5 Å². The molecule has 5 rings (SSSR count). The van der Waals surface area contributed by atoms with Crippen LogP contribution in [0.5, 0.6) is 0 Å². The number of imidazole rings is 1. The number of hydrogen-bond acceptors (Lipinski definition) is 4. The molecule has 0 radical (unpaired) electrons. The van der Waals surface area contributed by atoms with E-state index in [0.29, 0.717) is 16.7 Å². The van der Waals surface area contributed by atoms with E-state index in [1.54, 1.807) is 11.4 Å². The van der Waals surface area contributed by atoms with Gasteiger partial charge in [-0.2, -0.15) is 0 Å². The molecule has 2 aliphatic rings. The van der Waals surface area contributed by atoms with Crippen molar-refractivity contribution in [2.75, 3.05) is 20.1 Å². The predicted molar refractivity (Wildman–Crippen MR) is 125 cm³/mol. The Labute approximate surface area is 189 Å². The fourth-order valence-corrected chi connectivity index (χ4v) is 4.82. The number of pyridine rings is 1. The molecule has 0 spiro atoms. The summed E-state index contributed by atoms with van der Waals surface area (Å²) in [5, 5.41) is 7.79. The highest BCUT2D eigenvalue weighted by atomic mass is 19.2. The van der Waals surface area contributed by atoms with Crippen LogP contribution < -0.4 is 21.2 Å². The fraction of sp³-hybridized carbons (Fsp3) is 0.280. The van der Waals surface area contributed by atoms with Crippen molar-refractivity contribution in [1.29, 1.82) is 0 Å². The molecule has 1 saturated heterocycles. The van der Waals surface area contributed by atoms with Gasteiger partial charge in [0.25, 0.3) is 5.91 Å². The molecule has 1 amide bonds. The lowest BCUT2D eigenvalue weighted by Crippen LogP contribution is -2.54. The van der Waals surface area contributed by atoms with Crippen LogP contribution in [0, 0.1) is 11.6 Å². The van der Waals surface area contributed by atoms with Gasteiger partial charge in [-0.15, -0.1) is 0 Å². The monoisotopic (exact) mass is 449 g/mol. The van der Waals surface area contributed by atoms with Crippen molar-refractivity contribution < 1.29 is 13.6 Å². The number of halogens is 2. The smallest absolute Gasteiger partial charge is 0.254 e. The molecule has 2 aromatic heterocycles. The van der Waals surface area contributed by atoms with Crippen molar-refractivity contribution in [2.45, 2.75) is 25.9 Å². The van der Waals surface area contributed by atoms with E-state index in [-0.39, 0.29) is 23.5 Å². The number of piperazine rings is 1. The quantitative estimate of drug-likeness (QED) is 0.627. The summed E-state index contributed by atoms with van der Waals surface area (Å²) >= 11 is 0. The van der Waals surface area contributed by atoms with Gasteiger partial charge in [-0.05, 0) is 32.1 Å². The molecule has 8 heteroatoms. The van der Waals surface area contributed by atoms with Gasteiger partial charge in [0, 0.05) is 55.3 Å². The first-order valence-electron chi connectivity index (χ1n) is 11.0. The second-order valence-corrected chi connectivity index (χ2v) is 8.63. The lowest BCUT2D eigenvalue weighted by atomic mass is 10.1. The van der Waals surface area contributed by atoms with Gasteiger partial charge in [0.15, 0.2) is 17.3 Å². The van der Waals surface area contributed by atoms with E-state index in [2.05, 4.69) is 34.4 Å². The summed E-state index contributed by atoms with van der Waals surface area (Å²) in [4.78, 5) is 19.7. The minimum absolute atomic E-state index is 0.286. The number of aromatic nitrogens is 2. The number of carbonyl (C=O) groups excluding carboxylic acids is 1. The number of hydrogen-bond donors (Lipinski definition) is 2. The molecular formula is C25H25F2N5O. The zero-order valence-corrected chi connectivity index (χ0v) is 18.7. The molecule has 1 aromatic carbocycles. The molecule has 0 saturated carbocycles. The van der Waals surface area contributed by atoms with E-state index in [9.17, 15) is 13.6 Å². The van der Waals surface area contributed by atoms with Crippen LogP contribution in [0.25, 0.3) is 28.5 Å². The lowest BCUT2D eigenvalue weighted by Gasteiger charge is -2.38. The zero-order valence-electron chi connectivity index (χ0n) is 18.7. The minimum Gasteiger partial charge on any atom is -0.368 e. The van der Waals surface area contributed by atoms with E-state index in [1.807, 2.05) is 36.4 Å². The average Bonchev–Trinajstić information content (AvgIpc) is 3.11. The van der Waals surface area contributed by atoms with Crippen molar-refractivity contribution in [2.24, 2.45) is 0 Å². The number of amides is 1. The Balaban J connectivity index is 1.96. The van der Waals surface area contributed by atoms with Gasteiger partial charge < -0.3 is 15.5 Å². The van der Waals surface area contributed by atoms with E-state index >= 15 is 0 Å². The van der Waals surface area contributed by atoms with Gasteiger partial charge in [-0.3, -0.25) is 9.20 Å². The molecule has 2 atom stereocenters. The number of fused-ring (bicyclic) bond motifs is 5. The topological polar surface area (TPSA) is 61.7 Å². The van der Waals surface area contributed by atoms with E-state index < -0.39 is 11.6 Å². The highest BCUT2D eigenvalue weighted by Crippen LogP contribution is 2.21. The van der Waals surface area contributed by atoms with Crippen LogP contribution in [0.4, 0.5) is 8.78 Å². The largest absolute Gasteiger partial charge is 0.368 e. The fourth-order valence-electron chi connectivity index (χ4n) is 4.82. The molecule has 0 unspecified atom stereocenters. The summed E-state index contributed by atoms with van der Waals surface area (Å²) < 4.78 is 30.0. The van der Waals surface area contributed by atoms with Gasteiger partial charge >= 0.3 is 0 Å². The predicted octanol–water partition coefficient (Wildman–Crippen LogP) is 1.82.